The number of halogens is 4. The second kappa shape index (κ2) is 5.78. The molecule has 0 saturated heterocycles. The van der Waals surface area contributed by atoms with Gasteiger partial charge >= 0.3 is 6.18 Å². The summed E-state index contributed by atoms with van der Waals surface area (Å²) in [5, 5.41) is 7.89. The minimum absolute atomic E-state index is 0.183. The van der Waals surface area contributed by atoms with Crippen molar-refractivity contribution in [3.8, 4) is 21.8 Å². The first-order valence-electron chi connectivity index (χ1n) is 6.23. The van der Waals surface area contributed by atoms with E-state index >= 15 is 0 Å². The van der Waals surface area contributed by atoms with Crippen LogP contribution in [0.15, 0.2) is 40.6 Å². The number of aromatic amines is 1. The SMILES string of the molecule is O=c1cc(-c2nccs2)c(-c2ccc(Cl)c(C(F)(F)F)c2)n[nH]1. The molecule has 2 aromatic heterocycles. The molecule has 0 saturated carbocycles. The van der Waals surface area contributed by atoms with Crippen molar-refractivity contribution >= 4 is 22.9 Å². The average molecular weight is 358 g/mol. The fourth-order valence-electron chi connectivity index (χ4n) is 2.03. The predicted molar refractivity (Wildman–Crippen MR) is 81.4 cm³/mol. The standard InChI is InChI=1S/C14H7ClF3N3OS/c15-10-2-1-7(5-9(10)14(16,17)18)12-8(6-11(22)20-21-12)13-19-3-4-23-13/h1-6H,(H,20,22). The fourth-order valence-corrected chi connectivity index (χ4v) is 2.91. The molecular weight excluding hydrogens is 351 g/mol. The second-order valence-electron chi connectivity index (χ2n) is 4.52. The lowest BCUT2D eigenvalue weighted by molar-refractivity contribution is -0.137. The Labute approximate surface area is 136 Å². The van der Waals surface area contributed by atoms with Crippen LogP contribution in [-0.2, 0) is 6.18 Å². The predicted octanol–water partition coefficient (Wildman–Crippen LogP) is 4.23. The van der Waals surface area contributed by atoms with Gasteiger partial charge in [-0.1, -0.05) is 17.7 Å². The Balaban J connectivity index is 2.22. The highest BCUT2D eigenvalue weighted by atomic mass is 35.5. The summed E-state index contributed by atoms with van der Waals surface area (Å²) in [5.74, 6) is 0. The number of benzene rings is 1. The number of alkyl halides is 3. The molecule has 0 aliphatic heterocycles. The van der Waals surface area contributed by atoms with E-state index < -0.39 is 22.3 Å². The molecule has 4 nitrogen and oxygen atoms in total. The highest BCUT2D eigenvalue weighted by Gasteiger charge is 2.33. The molecule has 1 aromatic carbocycles. The summed E-state index contributed by atoms with van der Waals surface area (Å²) in [6.45, 7) is 0. The normalized spacial score (nSPS) is 11.7. The van der Waals surface area contributed by atoms with Crippen LogP contribution in [0.3, 0.4) is 0 Å². The average Bonchev–Trinajstić information content (AvgIpc) is 3.01. The Bertz CT molecular complexity index is 906. The zero-order valence-corrected chi connectivity index (χ0v) is 12.8. The summed E-state index contributed by atoms with van der Waals surface area (Å²) < 4.78 is 39.0. The summed E-state index contributed by atoms with van der Waals surface area (Å²) in [6, 6.07) is 4.72. The number of rotatable bonds is 2. The smallest absolute Gasteiger partial charge is 0.268 e. The van der Waals surface area contributed by atoms with Crippen LogP contribution in [-0.4, -0.2) is 15.2 Å². The molecule has 0 radical (unpaired) electrons. The van der Waals surface area contributed by atoms with E-state index in [9.17, 15) is 18.0 Å². The van der Waals surface area contributed by atoms with Crippen molar-refractivity contribution in [1.82, 2.24) is 15.2 Å². The van der Waals surface area contributed by atoms with Crippen molar-refractivity contribution < 1.29 is 13.2 Å². The van der Waals surface area contributed by atoms with Crippen LogP contribution in [0.25, 0.3) is 21.8 Å². The molecule has 0 spiro atoms. The van der Waals surface area contributed by atoms with Gasteiger partial charge in [0.15, 0.2) is 0 Å². The van der Waals surface area contributed by atoms with E-state index in [4.69, 9.17) is 11.6 Å². The zero-order chi connectivity index (χ0) is 16.6. The van der Waals surface area contributed by atoms with Gasteiger partial charge in [-0.05, 0) is 12.1 Å². The lowest BCUT2D eigenvalue weighted by atomic mass is 10.0. The molecule has 2 heterocycles. The zero-order valence-electron chi connectivity index (χ0n) is 11.2. The van der Waals surface area contributed by atoms with E-state index in [0.29, 0.717) is 10.6 Å². The van der Waals surface area contributed by atoms with E-state index in [-0.39, 0.29) is 11.3 Å². The Hall–Kier alpha value is -2.19. The van der Waals surface area contributed by atoms with Crippen LogP contribution in [0.1, 0.15) is 5.56 Å². The number of hydrogen-bond acceptors (Lipinski definition) is 4. The third-order valence-electron chi connectivity index (χ3n) is 3.02. The number of nitrogens with one attached hydrogen (secondary N) is 1. The maximum atomic E-state index is 13.0. The van der Waals surface area contributed by atoms with Gasteiger partial charge in [0.1, 0.15) is 10.7 Å². The molecule has 23 heavy (non-hydrogen) atoms. The Morgan fingerprint density at radius 2 is 2.00 bits per heavy atom. The van der Waals surface area contributed by atoms with Gasteiger partial charge in [-0.2, -0.15) is 18.3 Å². The highest BCUT2D eigenvalue weighted by molar-refractivity contribution is 7.13. The molecule has 0 aliphatic carbocycles. The molecule has 0 bridgehead atoms. The van der Waals surface area contributed by atoms with E-state index in [1.165, 1.54) is 29.7 Å². The summed E-state index contributed by atoms with van der Waals surface area (Å²) in [6.07, 6.45) is -3.05. The molecule has 118 valence electrons. The Kier molecular flexibility index (Phi) is 3.95. The molecule has 0 unspecified atom stereocenters. The molecule has 9 heteroatoms. The lowest BCUT2D eigenvalue weighted by Gasteiger charge is -2.12. The van der Waals surface area contributed by atoms with Crippen LogP contribution < -0.4 is 5.56 Å². The number of H-pyrrole nitrogens is 1. The van der Waals surface area contributed by atoms with Crippen LogP contribution in [0, 0.1) is 0 Å². The molecule has 0 amide bonds. The van der Waals surface area contributed by atoms with Gasteiger partial charge < -0.3 is 0 Å². The van der Waals surface area contributed by atoms with E-state index in [1.54, 1.807) is 5.38 Å². The minimum atomic E-state index is -4.59. The van der Waals surface area contributed by atoms with Gasteiger partial charge in [-0.3, -0.25) is 4.79 Å². The van der Waals surface area contributed by atoms with Gasteiger partial charge in [0.25, 0.3) is 5.56 Å². The lowest BCUT2D eigenvalue weighted by Crippen LogP contribution is -2.09. The summed E-state index contributed by atoms with van der Waals surface area (Å²) in [4.78, 5) is 15.6. The number of nitrogens with zero attached hydrogens (tertiary/aromatic N) is 2. The minimum Gasteiger partial charge on any atom is -0.268 e. The number of thiazole rings is 1. The van der Waals surface area contributed by atoms with Crippen LogP contribution in [0.5, 0.6) is 0 Å². The van der Waals surface area contributed by atoms with Crippen LogP contribution in [0.2, 0.25) is 5.02 Å². The van der Waals surface area contributed by atoms with E-state index in [0.717, 1.165) is 12.1 Å². The van der Waals surface area contributed by atoms with Gasteiger partial charge in [0.2, 0.25) is 0 Å². The molecule has 0 aliphatic rings. The molecular formula is C14H7ClF3N3OS. The van der Waals surface area contributed by atoms with E-state index in [2.05, 4.69) is 15.2 Å². The molecule has 3 rings (SSSR count). The quantitative estimate of drug-likeness (QED) is 0.746. The summed E-state index contributed by atoms with van der Waals surface area (Å²) >= 11 is 6.88. The van der Waals surface area contributed by atoms with Crippen LogP contribution in [0.4, 0.5) is 13.2 Å². The maximum Gasteiger partial charge on any atom is 0.417 e. The summed E-state index contributed by atoms with van der Waals surface area (Å²) in [7, 11) is 0. The van der Waals surface area contributed by atoms with Crippen molar-refractivity contribution in [2.24, 2.45) is 0 Å². The van der Waals surface area contributed by atoms with Crippen molar-refractivity contribution in [3.63, 3.8) is 0 Å². The van der Waals surface area contributed by atoms with Crippen molar-refractivity contribution in [1.29, 1.82) is 0 Å². The third kappa shape index (κ3) is 3.13. The molecule has 1 N–H and O–H groups in total. The Morgan fingerprint density at radius 3 is 2.65 bits per heavy atom. The van der Waals surface area contributed by atoms with Gasteiger partial charge in [-0.25, -0.2) is 10.1 Å². The van der Waals surface area contributed by atoms with Crippen molar-refractivity contribution in [2.75, 3.05) is 0 Å². The summed E-state index contributed by atoms with van der Waals surface area (Å²) in [5.41, 5.74) is -0.692. The molecule has 0 atom stereocenters. The first-order valence-corrected chi connectivity index (χ1v) is 7.49. The molecule has 0 fully saturated rings. The second-order valence-corrected chi connectivity index (χ2v) is 5.83. The van der Waals surface area contributed by atoms with Gasteiger partial charge in [-0.15, -0.1) is 11.3 Å². The first-order chi connectivity index (χ1) is 10.9. The van der Waals surface area contributed by atoms with E-state index in [1.807, 2.05) is 0 Å². The first kappa shape index (κ1) is 15.7. The third-order valence-corrected chi connectivity index (χ3v) is 4.15. The van der Waals surface area contributed by atoms with Crippen molar-refractivity contribution in [2.45, 2.75) is 6.18 Å². The fraction of sp³-hybridized carbons (Fsp3) is 0.0714. The highest BCUT2D eigenvalue weighted by Crippen LogP contribution is 2.38. The molecule has 3 aromatic rings. The topological polar surface area (TPSA) is 58.6 Å². The number of aromatic nitrogens is 3. The van der Waals surface area contributed by atoms with Gasteiger partial charge in [0.05, 0.1) is 10.6 Å². The van der Waals surface area contributed by atoms with Gasteiger partial charge in [0, 0.05) is 28.8 Å². The Morgan fingerprint density at radius 1 is 1.22 bits per heavy atom. The van der Waals surface area contributed by atoms with Crippen LogP contribution >= 0.6 is 22.9 Å². The maximum absolute atomic E-state index is 13.0. The number of hydrogen-bond donors (Lipinski definition) is 1. The van der Waals surface area contributed by atoms with Crippen molar-refractivity contribution in [3.05, 3.63) is 56.8 Å². The largest absolute Gasteiger partial charge is 0.417 e. The monoisotopic (exact) mass is 357 g/mol.